The van der Waals surface area contributed by atoms with E-state index >= 15 is 0 Å². The standard InChI is InChI=1S/C24H24N2O3/c1-4-29-22-8-6-5-7-21(22)26-24(28)19-12-10-18(11-13-19)23(27)25-20-14-9-16(2)17(3)15-20/h5-15H,4H2,1-3H3,(H,25,27)(H,26,28). The minimum Gasteiger partial charge on any atom is -0.492 e. The first kappa shape index (κ1) is 20.1. The minimum absolute atomic E-state index is 0.220. The van der Waals surface area contributed by atoms with Crippen LogP contribution in [0.25, 0.3) is 0 Å². The first-order valence-corrected chi connectivity index (χ1v) is 9.49. The first-order valence-electron chi connectivity index (χ1n) is 9.49. The van der Waals surface area contributed by atoms with Crippen molar-refractivity contribution in [2.75, 3.05) is 17.2 Å². The maximum Gasteiger partial charge on any atom is 0.255 e. The second kappa shape index (κ2) is 9.06. The molecule has 0 saturated carbocycles. The fraction of sp³-hybridized carbons (Fsp3) is 0.167. The van der Waals surface area contributed by atoms with Crippen LogP contribution >= 0.6 is 0 Å². The van der Waals surface area contributed by atoms with E-state index in [0.717, 1.165) is 11.3 Å². The molecule has 3 rings (SSSR count). The zero-order chi connectivity index (χ0) is 20.8. The van der Waals surface area contributed by atoms with Crippen LogP contribution in [0.4, 0.5) is 11.4 Å². The Morgan fingerprint density at radius 3 is 2.03 bits per heavy atom. The summed E-state index contributed by atoms with van der Waals surface area (Å²) in [4.78, 5) is 25.0. The predicted octanol–water partition coefficient (Wildman–Crippen LogP) is 5.21. The number of ether oxygens (including phenoxy) is 1. The van der Waals surface area contributed by atoms with E-state index in [2.05, 4.69) is 10.6 Å². The van der Waals surface area contributed by atoms with Crippen molar-refractivity contribution >= 4 is 23.2 Å². The van der Waals surface area contributed by atoms with Gasteiger partial charge in [-0.05, 0) is 80.4 Å². The van der Waals surface area contributed by atoms with Crippen LogP contribution in [0.3, 0.4) is 0 Å². The van der Waals surface area contributed by atoms with Gasteiger partial charge in [0.05, 0.1) is 12.3 Å². The second-order valence-corrected chi connectivity index (χ2v) is 6.71. The van der Waals surface area contributed by atoms with Gasteiger partial charge in [-0.25, -0.2) is 0 Å². The Morgan fingerprint density at radius 2 is 1.41 bits per heavy atom. The smallest absolute Gasteiger partial charge is 0.255 e. The summed E-state index contributed by atoms with van der Waals surface area (Å²) >= 11 is 0. The lowest BCUT2D eigenvalue weighted by atomic mass is 10.1. The summed E-state index contributed by atoms with van der Waals surface area (Å²) in [5.74, 6) is 0.132. The zero-order valence-electron chi connectivity index (χ0n) is 16.8. The molecule has 0 spiro atoms. The van der Waals surface area contributed by atoms with Gasteiger partial charge in [0.2, 0.25) is 0 Å². The second-order valence-electron chi connectivity index (χ2n) is 6.71. The number of anilines is 2. The van der Waals surface area contributed by atoms with Crippen molar-refractivity contribution in [3.05, 3.63) is 89.0 Å². The lowest BCUT2D eigenvalue weighted by Crippen LogP contribution is -2.15. The van der Waals surface area contributed by atoms with Crippen LogP contribution < -0.4 is 15.4 Å². The number of hydrogen-bond acceptors (Lipinski definition) is 3. The van der Waals surface area contributed by atoms with E-state index in [1.54, 1.807) is 36.4 Å². The number of para-hydroxylation sites is 2. The number of nitrogens with one attached hydrogen (secondary N) is 2. The molecule has 0 aromatic heterocycles. The number of amides is 2. The number of aryl methyl sites for hydroxylation is 2. The number of hydrogen-bond donors (Lipinski definition) is 2. The highest BCUT2D eigenvalue weighted by molar-refractivity contribution is 6.07. The maximum atomic E-state index is 12.5. The van der Waals surface area contributed by atoms with E-state index in [4.69, 9.17) is 4.74 Å². The van der Waals surface area contributed by atoms with Crippen molar-refractivity contribution in [1.82, 2.24) is 0 Å². The molecule has 29 heavy (non-hydrogen) atoms. The van der Waals surface area contributed by atoms with Gasteiger partial charge in [0.25, 0.3) is 11.8 Å². The highest BCUT2D eigenvalue weighted by atomic mass is 16.5. The van der Waals surface area contributed by atoms with Gasteiger partial charge in [0, 0.05) is 16.8 Å². The summed E-state index contributed by atoms with van der Waals surface area (Å²) in [6.07, 6.45) is 0. The van der Waals surface area contributed by atoms with Gasteiger partial charge in [-0.2, -0.15) is 0 Å². The van der Waals surface area contributed by atoms with Crippen LogP contribution in [0.2, 0.25) is 0 Å². The Bertz CT molecular complexity index is 1030. The maximum absolute atomic E-state index is 12.5. The third-order valence-electron chi connectivity index (χ3n) is 4.61. The SMILES string of the molecule is CCOc1ccccc1NC(=O)c1ccc(C(=O)Nc2ccc(C)c(C)c2)cc1. The minimum atomic E-state index is -0.265. The Morgan fingerprint density at radius 1 is 0.793 bits per heavy atom. The third-order valence-corrected chi connectivity index (χ3v) is 4.61. The Kier molecular flexibility index (Phi) is 6.29. The van der Waals surface area contributed by atoms with Gasteiger partial charge < -0.3 is 15.4 Å². The molecule has 3 aromatic carbocycles. The molecule has 2 N–H and O–H groups in total. The predicted molar refractivity (Wildman–Crippen MR) is 116 cm³/mol. The van der Waals surface area contributed by atoms with Crippen molar-refractivity contribution in [2.45, 2.75) is 20.8 Å². The molecular formula is C24H24N2O3. The summed E-state index contributed by atoms with van der Waals surface area (Å²) in [7, 11) is 0. The number of carbonyl (C=O) groups is 2. The molecule has 5 heteroatoms. The van der Waals surface area contributed by atoms with E-state index in [-0.39, 0.29) is 11.8 Å². The lowest BCUT2D eigenvalue weighted by Gasteiger charge is -2.11. The summed E-state index contributed by atoms with van der Waals surface area (Å²) < 4.78 is 5.53. The lowest BCUT2D eigenvalue weighted by molar-refractivity contribution is 0.101. The fourth-order valence-electron chi connectivity index (χ4n) is 2.84. The van der Waals surface area contributed by atoms with Crippen molar-refractivity contribution in [3.63, 3.8) is 0 Å². The van der Waals surface area contributed by atoms with Crippen molar-refractivity contribution < 1.29 is 14.3 Å². The summed E-state index contributed by atoms with van der Waals surface area (Å²) in [5.41, 5.74) is 4.57. The fourth-order valence-corrected chi connectivity index (χ4v) is 2.84. The van der Waals surface area contributed by atoms with E-state index in [9.17, 15) is 9.59 Å². The van der Waals surface area contributed by atoms with Crippen LogP contribution in [-0.4, -0.2) is 18.4 Å². The Labute approximate surface area is 170 Å². The normalized spacial score (nSPS) is 10.3. The largest absolute Gasteiger partial charge is 0.492 e. The van der Waals surface area contributed by atoms with Crippen molar-refractivity contribution in [3.8, 4) is 5.75 Å². The zero-order valence-corrected chi connectivity index (χ0v) is 16.8. The van der Waals surface area contributed by atoms with E-state index in [1.165, 1.54) is 5.56 Å². The molecule has 0 fully saturated rings. The molecular weight excluding hydrogens is 364 g/mol. The highest BCUT2D eigenvalue weighted by Crippen LogP contribution is 2.24. The molecule has 0 unspecified atom stereocenters. The summed E-state index contributed by atoms with van der Waals surface area (Å²) in [6, 6.07) is 19.6. The Balaban J connectivity index is 1.68. The molecule has 148 valence electrons. The molecule has 0 heterocycles. The van der Waals surface area contributed by atoms with Gasteiger partial charge in [-0.15, -0.1) is 0 Å². The molecule has 0 radical (unpaired) electrons. The number of rotatable bonds is 6. The van der Waals surface area contributed by atoms with Crippen LogP contribution in [0.5, 0.6) is 5.75 Å². The average molecular weight is 388 g/mol. The van der Waals surface area contributed by atoms with Crippen LogP contribution in [-0.2, 0) is 0 Å². The molecule has 0 aliphatic carbocycles. The molecule has 3 aromatic rings. The van der Waals surface area contributed by atoms with Gasteiger partial charge in [-0.1, -0.05) is 18.2 Å². The van der Waals surface area contributed by atoms with E-state index in [1.807, 2.05) is 51.1 Å². The Hall–Kier alpha value is -3.60. The van der Waals surface area contributed by atoms with Gasteiger partial charge in [0.15, 0.2) is 0 Å². The summed E-state index contributed by atoms with van der Waals surface area (Å²) in [6.45, 7) is 6.43. The van der Waals surface area contributed by atoms with Crippen LogP contribution in [0.15, 0.2) is 66.7 Å². The van der Waals surface area contributed by atoms with Crippen molar-refractivity contribution in [1.29, 1.82) is 0 Å². The molecule has 0 bridgehead atoms. The average Bonchev–Trinajstić information content (AvgIpc) is 2.72. The molecule has 2 amide bonds. The molecule has 0 atom stereocenters. The van der Waals surface area contributed by atoms with Gasteiger partial charge >= 0.3 is 0 Å². The quantitative estimate of drug-likeness (QED) is 0.609. The van der Waals surface area contributed by atoms with Gasteiger partial charge in [-0.3, -0.25) is 9.59 Å². The third kappa shape index (κ3) is 5.02. The number of carbonyl (C=O) groups excluding carboxylic acids is 2. The summed E-state index contributed by atoms with van der Waals surface area (Å²) in [5, 5.41) is 5.73. The monoisotopic (exact) mass is 388 g/mol. The van der Waals surface area contributed by atoms with E-state index < -0.39 is 0 Å². The van der Waals surface area contributed by atoms with Crippen molar-refractivity contribution in [2.24, 2.45) is 0 Å². The first-order chi connectivity index (χ1) is 14.0. The highest BCUT2D eigenvalue weighted by Gasteiger charge is 2.12. The van der Waals surface area contributed by atoms with Gasteiger partial charge in [0.1, 0.15) is 5.75 Å². The van der Waals surface area contributed by atoms with E-state index in [0.29, 0.717) is 29.2 Å². The molecule has 0 saturated heterocycles. The van der Waals surface area contributed by atoms with Crippen LogP contribution in [0.1, 0.15) is 38.8 Å². The number of benzene rings is 3. The molecule has 5 nitrogen and oxygen atoms in total. The molecule has 0 aliphatic rings. The van der Waals surface area contributed by atoms with Crippen LogP contribution in [0, 0.1) is 13.8 Å². The topological polar surface area (TPSA) is 67.4 Å². The molecule has 0 aliphatic heterocycles.